The normalized spacial score (nSPS) is 15.2. The Bertz CT molecular complexity index is 1170. The number of rotatable bonds is 8. The van der Waals surface area contributed by atoms with Crippen LogP contribution in [0, 0.1) is 11.7 Å². The van der Waals surface area contributed by atoms with Gasteiger partial charge >= 0.3 is 0 Å². The third-order valence-electron chi connectivity index (χ3n) is 5.44. The minimum atomic E-state index is -0.469. The van der Waals surface area contributed by atoms with Crippen LogP contribution in [0.4, 0.5) is 15.8 Å². The van der Waals surface area contributed by atoms with Crippen molar-refractivity contribution in [1.82, 2.24) is 5.43 Å². The van der Waals surface area contributed by atoms with Gasteiger partial charge in [-0.15, -0.1) is 0 Å². The first-order chi connectivity index (χ1) is 16.4. The van der Waals surface area contributed by atoms with Gasteiger partial charge in [0, 0.05) is 29.2 Å². The summed E-state index contributed by atoms with van der Waals surface area (Å²) in [6, 6.07) is 18.6. The lowest BCUT2D eigenvalue weighted by Gasteiger charge is -2.17. The summed E-state index contributed by atoms with van der Waals surface area (Å²) < 4.78 is 25.1. The zero-order valence-corrected chi connectivity index (χ0v) is 20.0. The number of carbonyl (C=O) groups excluding carboxylic acids is 2. The highest BCUT2D eigenvalue weighted by atomic mass is 79.9. The molecule has 0 unspecified atom stereocenters. The summed E-state index contributed by atoms with van der Waals surface area (Å²) in [5.74, 6) is -0.157. The van der Waals surface area contributed by atoms with Crippen LogP contribution in [-0.2, 0) is 16.2 Å². The van der Waals surface area contributed by atoms with Crippen molar-refractivity contribution in [3.63, 3.8) is 0 Å². The molecule has 7 nitrogen and oxygen atoms in total. The lowest BCUT2D eigenvalue weighted by Crippen LogP contribution is -2.36. The maximum atomic E-state index is 13.1. The molecule has 9 heteroatoms. The number of methoxy groups -OCH3 is 1. The zero-order chi connectivity index (χ0) is 24.1. The van der Waals surface area contributed by atoms with Gasteiger partial charge in [0.05, 0.1) is 18.7 Å². The van der Waals surface area contributed by atoms with Crippen LogP contribution in [0.25, 0.3) is 0 Å². The van der Waals surface area contributed by atoms with Crippen molar-refractivity contribution in [3.8, 4) is 11.5 Å². The minimum absolute atomic E-state index is 0.0909. The molecule has 2 amide bonds. The van der Waals surface area contributed by atoms with E-state index in [1.165, 1.54) is 19.2 Å². The number of ether oxygens (including phenoxy) is 2. The van der Waals surface area contributed by atoms with E-state index in [4.69, 9.17) is 9.47 Å². The number of hydrogen-bond donors (Lipinski definition) is 2. The summed E-state index contributed by atoms with van der Waals surface area (Å²) in [7, 11) is 1.52. The Labute approximate surface area is 205 Å². The molecule has 3 aromatic rings. The van der Waals surface area contributed by atoms with Gasteiger partial charge in [-0.25, -0.2) is 4.39 Å². The molecule has 34 heavy (non-hydrogen) atoms. The van der Waals surface area contributed by atoms with E-state index < -0.39 is 5.92 Å². The standard InChI is InChI=1S/C25H23BrFN3O4/c1-33-23-13-20(8-11-22(23)34-15-16-2-6-19(27)7-3-16)28-29-25(32)17-12-24(31)30(14-17)21-9-4-18(26)5-10-21/h2-11,13,17,28H,12,14-15H2,1H3,(H,29,32)/t17-/m0/s1. The highest BCUT2D eigenvalue weighted by Crippen LogP contribution is 2.31. The number of halogens is 2. The predicted molar refractivity (Wildman–Crippen MR) is 130 cm³/mol. The van der Waals surface area contributed by atoms with E-state index in [0.717, 1.165) is 15.7 Å². The molecule has 0 aromatic heterocycles. The number of nitrogens with zero attached hydrogens (tertiary/aromatic N) is 1. The monoisotopic (exact) mass is 527 g/mol. The average molecular weight is 528 g/mol. The first-order valence-electron chi connectivity index (χ1n) is 10.6. The molecule has 4 rings (SSSR count). The number of carbonyl (C=O) groups is 2. The van der Waals surface area contributed by atoms with Gasteiger partial charge < -0.3 is 14.4 Å². The smallest absolute Gasteiger partial charge is 0.243 e. The third kappa shape index (κ3) is 5.66. The topological polar surface area (TPSA) is 79.9 Å². The Kier molecular flexibility index (Phi) is 7.32. The molecule has 1 aliphatic heterocycles. The molecular weight excluding hydrogens is 505 g/mol. The second-order valence-corrected chi connectivity index (χ2v) is 8.69. The molecule has 0 bridgehead atoms. The van der Waals surface area contributed by atoms with Gasteiger partial charge in [0.1, 0.15) is 12.4 Å². The molecule has 1 atom stereocenters. The first-order valence-corrected chi connectivity index (χ1v) is 11.4. The summed E-state index contributed by atoms with van der Waals surface area (Å²) in [6.07, 6.45) is 0.142. The SMILES string of the molecule is COc1cc(NNC(=O)[C@H]2CC(=O)N(c3ccc(Br)cc3)C2)ccc1OCc1ccc(F)cc1. The number of benzene rings is 3. The molecule has 1 saturated heterocycles. The van der Waals surface area contributed by atoms with Crippen LogP contribution < -0.4 is 25.2 Å². The van der Waals surface area contributed by atoms with Crippen molar-refractivity contribution in [2.75, 3.05) is 24.0 Å². The lowest BCUT2D eigenvalue weighted by molar-refractivity contribution is -0.125. The van der Waals surface area contributed by atoms with Crippen molar-refractivity contribution >= 4 is 39.1 Å². The van der Waals surface area contributed by atoms with Crippen LogP contribution in [0.2, 0.25) is 0 Å². The van der Waals surface area contributed by atoms with E-state index in [1.54, 1.807) is 35.2 Å². The van der Waals surface area contributed by atoms with Crippen LogP contribution in [0.5, 0.6) is 11.5 Å². The van der Waals surface area contributed by atoms with Gasteiger partial charge in [0.2, 0.25) is 11.8 Å². The number of hydrogen-bond acceptors (Lipinski definition) is 5. The molecule has 1 heterocycles. The molecule has 0 spiro atoms. The Hall–Kier alpha value is -3.59. The maximum absolute atomic E-state index is 13.1. The molecule has 0 saturated carbocycles. The van der Waals surface area contributed by atoms with E-state index in [-0.39, 0.29) is 30.7 Å². The van der Waals surface area contributed by atoms with Crippen LogP contribution in [0.1, 0.15) is 12.0 Å². The van der Waals surface area contributed by atoms with Crippen molar-refractivity contribution < 1.29 is 23.5 Å². The van der Waals surface area contributed by atoms with Gasteiger partial charge in [-0.2, -0.15) is 0 Å². The second-order valence-electron chi connectivity index (χ2n) is 7.78. The highest BCUT2D eigenvalue weighted by molar-refractivity contribution is 9.10. The third-order valence-corrected chi connectivity index (χ3v) is 5.96. The van der Waals surface area contributed by atoms with Crippen LogP contribution in [0.15, 0.2) is 71.2 Å². The number of nitrogens with one attached hydrogen (secondary N) is 2. The predicted octanol–water partition coefficient (Wildman–Crippen LogP) is 4.67. The second kappa shape index (κ2) is 10.6. The van der Waals surface area contributed by atoms with E-state index in [0.29, 0.717) is 23.7 Å². The fourth-order valence-corrected chi connectivity index (χ4v) is 3.86. The van der Waals surface area contributed by atoms with E-state index in [9.17, 15) is 14.0 Å². The fraction of sp³-hybridized carbons (Fsp3) is 0.200. The number of hydrazine groups is 1. The minimum Gasteiger partial charge on any atom is -0.493 e. The lowest BCUT2D eigenvalue weighted by atomic mass is 10.1. The van der Waals surface area contributed by atoms with Crippen molar-refractivity contribution in [2.45, 2.75) is 13.0 Å². The van der Waals surface area contributed by atoms with Gasteiger partial charge in [-0.1, -0.05) is 28.1 Å². The van der Waals surface area contributed by atoms with Crippen molar-refractivity contribution in [3.05, 3.63) is 82.6 Å². The van der Waals surface area contributed by atoms with Crippen molar-refractivity contribution in [1.29, 1.82) is 0 Å². The quantitative estimate of drug-likeness (QED) is 0.416. The van der Waals surface area contributed by atoms with Crippen LogP contribution in [-0.4, -0.2) is 25.5 Å². The number of amides is 2. The van der Waals surface area contributed by atoms with E-state index >= 15 is 0 Å². The summed E-state index contributed by atoms with van der Waals surface area (Å²) in [6.45, 7) is 0.568. The van der Waals surface area contributed by atoms with Gasteiger partial charge in [0.25, 0.3) is 0 Å². The van der Waals surface area contributed by atoms with Gasteiger partial charge in [0.15, 0.2) is 11.5 Å². The Balaban J connectivity index is 1.33. The zero-order valence-electron chi connectivity index (χ0n) is 18.4. The molecular formula is C25H23BrFN3O4. The van der Waals surface area contributed by atoms with Crippen LogP contribution >= 0.6 is 15.9 Å². The number of anilines is 2. The van der Waals surface area contributed by atoms with E-state index in [2.05, 4.69) is 26.8 Å². The fourth-order valence-electron chi connectivity index (χ4n) is 3.60. The first kappa shape index (κ1) is 23.6. The highest BCUT2D eigenvalue weighted by Gasteiger charge is 2.35. The van der Waals surface area contributed by atoms with Gasteiger partial charge in [-0.3, -0.25) is 20.4 Å². The summed E-state index contributed by atoms with van der Waals surface area (Å²) in [4.78, 5) is 26.7. The maximum Gasteiger partial charge on any atom is 0.243 e. The molecule has 1 aliphatic rings. The summed E-state index contributed by atoms with van der Waals surface area (Å²) in [5, 5.41) is 0. The molecule has 0 radical (unpaired) electrons. The largest absolute Gasteiger partial charge is 0.493 e. The van der Waals surface area contributed by atoms with Crippen LogP contribution in [0.3, 0.4) is 0 Å². The molecule has 2 N–H and O–H groups in total. The van der Waals surface area contributed by atoms with E-state index in [1.807, 2.05) is 24.3 Å². The van der Waals surface area contributed by atoms with Gasteiger partial charge in [-0.05, 0) is 54.1 Å². The average Bonchev–Trinajstić information content (AvgIpc) is 3.24. The Morgan fingerprint density at radius 2 is 1.82 bits per heavy atom. The summed E-state index contributed by atoms with van der Waals surface area (Å²) >= 11 is 3.38. The molecule has 1 fully saturated rings. The Morgan fingerprint density at radius 1 is 1.09 bits per heavy atom. The molecule has 3 aromatic carbocycles. The molecule has 0 aliphatic carbocycles. The molecule has 176 valence electrons. The summed E-state index contributed by atoms with van der Waals surface area (Å²) in [5.41, 5.74) is 7.71. The Morgan fingerprint density at radius 3 is 2.53 bits per heavy atom. The van der Waals surface area contributed by atoms with Crippen molar-refractivity contribution in [2.24, 2.45) is 5.92 Å².